The van der Waals surface area contributed by atoms with Gasteiger partial charge in [0.25, 0.3) is 0 Å². The second-order valence-electron chi connectivity index (χ2n) is 5.56. The second-order valence-corrected chi connectivity index (χ2v) is 7.21. The number of nitrogens with one attached hydrogen (secondary N) is 1. The van der Waals surface area contributed by atoms with Crippen LogP contribution in [0.5, 0.6) is 0 Å². The van der Waals surface area contributed by atoms with E-state index in [-0.39, 0.29) is 0 Å². The van der Waals surface area contributed by atoms with Gasteiger partial charge in [0.15, 0.2) is 0 Å². The zero-order chi connectivity index (χ0) is 15.7. The lowest BCUT2D eigenvalue weighted by molar-refractivity contribution is 0.277. The number of halogens is 2. The summed E-state index contributed by atoms with van der Waals surface area (Å²) in [5.74, 6) is -1.47. The minimum atomic E-state index is -4.29. The monoisotopic (exact) mass is 314 g/mol. The number of nitrogens with zero attached hydrogens (tertiary/aromatic N) is 1. The summed E-state index contributed by atoms with van der Waals surface area (Å²) < 4.78 is 53.6. The van der Waals surface area contributed by atoms with Gasteiger partial charge in [0, 0.05) is 0 Å². The molecule has 0 amide bonds. The van der Waals surface area contributed by atoms with E-state index in [1.54, 1.807) is 0 Å². The van der Waals surface area contributed by atoms with Crippen LogP contribution in [0, 0.1) is 28.9 Å². The Morgan fingerprint density at radius 1 is 1.33 bits per heavy atom. The lowest BCUT2D eigenvalue weighted by Crippen LogP contribution is -2.49. The van der Waals surface area contributed by atoms with Crippen molar-refractivity contribution in [2.45, 2.75) is 43.0 Å². The fourth-order valence-corrected chi connectivity index (χ4v) is 3.95. The van der Waals surface area contributed by atoms with Crippen LogP contribution in [0.15, 0.2) is 23.1 Å². The maximum atomic E-state index is 13.6. The van der Waals surface area contributed by atoms with Gasteiger partial charge in [-0.15, -0.1) is 0 Å². The Labute approximate surface area is 122 Å². The molecule has 0 aromatic heterocycles. The van der Waals surface area contributed by atoms with Gasteiger partial charge in [-0.3, -0.25) is 0 Å². The van der Waals surface area contributed by atoms with Crippen LogP contribution in [0.2, 0.25) is 0 Å². The van der Waals surface area contributed by atoms with Gasteiger partial charge in [0.1, 0.15) is 22.1 Å². The van der Waals surface area contributed by atoms with Crippen molar-refractivity contribution < 1.29 is 17.2 Å². The van der Waals surface area contributed by atoms with Crippen molar-refractivity contribution in [1.29, 1.82) is 5.26 Å². The van der Waals surface area contributed by atoms with E-state index >= 15 is 0 Å². The van der Waals surface area contributed by atoms with Crippen molar-refractivity contribution in [2.24, 2.45) is 5.92 Å². The topological polar surface area (TPSA) is 70.0 Å². The number of sulfonamides is 1. The Morgan fingerprint density at radius 3 is 2.52 bits per heavy atom. The van der Waals surface area contributed by atoms with Crippen molar-refractivity contribution in [3.8, 4) is 6.07 Å². The predicted molar refractivity (Wildman–Crippen MR) is 72.7 cm³/mol. The Morgan fingerprint density at radius 2 is 1.95 bits per heavy atom. The van der Waals surface area contributed by atoms with E-state index in [0.29, 0.717) is 37.7 Å². The molecule has 21 heavy (non-hydrogen) atoms. The van der Waals surface area contributed by atoms with E-state index in [0.717, 1.165) is 12.1 Å². The Hall–Kier alpha value is -1.52. The molecule has 1 fully saturated rings. The minimum absolute atomic E-state index is 0.362. The number of rotatable bonds is 3. The molecule has 0 saturated heterocycles. The summed E-state index contributed by atoms with van der Waals surface area (Å²) in [6, 6.07) is 4.21. The molecule has 0 aliphatic heterocycles. The van der Waals surface area contributed by atoms with Crippen LogP contribution in [-0.4, -0.2) is 14.0 Å². The predicted octanol–water partition coefficient (Wildman–Crippen LogP) is 2.72. The first-order chi connectivity index (χ1) is 9.78. The molecular formula is C14H16F2N2O2S. The van der Waals surface area contributed by atoms with E-state index in [2.05, 4.69) is 4.72 Å². The van der Waals surface area contributed by atoms with E-state index in [1.165, 1.54) is 0 Å². The highest BCUT2D eigenvalue weighted by molar-refractivity contribution is 7.89. The molecule has 0 heterocycles. The molecule has 0 atom stereocenters. The normalized spacial score (nSPS) is 26.3. The lowest BCUT2D eigenvalue weighted by atomic mass is 9.79. The molecule has 1 aliphatic rings. The molecule has 0 spiro atoms. The van der Waals surface area contributed by atoms with E-state index in [4.69, 9.17) is 0 Å². The van der Waals surface area contributed by atoms with Crippen molar-refractivity contribution in [3.63, 3.8) is 0 Å². The summed E-state index contributed by atoms with van der Waals surface area (Å²) in [5, 5.41) is 9.32. The van der Waals surface area contributed by atoms with Gasteiger partial charge < -0.3 is 0 Å². The average molecular weight is 314 g/mol. The summed E-state index contributed by atoms with van der Waals surface area (Å²) in [7, 11) is -4.29. The molecular weight excluding hydrogens is 298 g/mol. The first-order valence-corrected chi connectivity index (χ1v) is 8.17. The van der Waals surface area contributed by atoms with Gasteiger partial charge >= 0.3 is 0 Å². The average Bonchev–Trinajstić information content (AvgIpc) is 2.44. The first-order valence-electron chi connectivity index (χ1n) is 6.68. The Balaban J connectivity index is 2.32. The quantitative estimate of drug-likeness (QED) is 0.932. The summed E-state index contributed by atoms with van der Waals surface area (Å²) in [6.45, 7) is 2.03. The van der Waals surface area contributed by atoms with Gasteiger partial charge in [-0.05, 0) is 49.8 Å². The molecule has 1 aromatic carbocycles. The van der Waals surface area contributed by atoms with Crippen molar-refractivity contribution in [1.82, 2.24) is 4.72 Å². The van der Waals surface area contributed by atoms with E-state index in [9.17, 15) is 22.5 Å². The first kappa shape index (κ1) is 15.9. The summed E-state index contributed by atoms with van der Waals surface area (Å²) in [5.41, 5.74) is -1.25. The maximum Gasteiger partial charge on any atom is 0.244 e. The number of hydrogen-bond acceptors (Lipinski definition) is 3. The minimum Gasteiger partial charge on any atom is -0.207 e. The van der Waals surface area contributed by atoms with Crippen LogP contribution in [0.25, 0.3) is 0 Å². The molecule has 2 rings (SSSR count). The Kier molecular flexibility index (Phi) is 4.30. The van der Waals surface area contributed by atoms with E-state index in [1.807, 2.05) is 13.0 Å². The summed E-state index contributed by atoms with van der Waals surface area (Å²) in [6.07, 6.45) is 2.14. The third-order valence-electron chi connectivity index (χ3n) is 3.85. The third-order valence-corrected chi connectivity index (χ3v) is 5.41. The Bertz CT molecular complexity index is 675. The van der Waals surface area contributed by atoms with Crippen molar-refractivity contribution in [3.05, 3.63) is 29.8 Å². The van der Waals surface area contributed by atoms with E-state index < -0.39 is 32.1 Å². The van der Waals surface area contributed by atoms with Crippen molar-refractivity contribution >= 4 is 10.0 Å². The van der Waals surface area contributed by atoms with Crippen LogP contribution in [0.3, 0.4) is 0 Å². The number of hydrogen-bond donors (Lipinski definition) is 1. The van der Waals surface area contributed by atoms with Crippen LogP contribution in [0.4, 0.5) is 8.78 Å². The van der Waals surface area contributed by atoms with Gasteiger partial charge in [0.05, 0.1) is 6.07 Å². The summed E-state index contributed by atoms with van der Waals surface area (Å²) >= 11 is 0. The molecule has 7 heteroatoms. The third kappa shape index (κ3) is 3.39. The zero-order valence-electron chi connectivity index (χ0n) is 11.6. The van der Waals surface area contributed by atoms with Gasteiger partial charge in [0.2, 0.25) is 10.0 Å². The summed E-state index contributed by atoms with van der Waals surface area (Å²) in [4.78, 5) is -0.768. The zero-order valence-corrected chi connectivity index (χ0v) is 12.4. The van der Waals surface area contributed by atoms with Gasteiger partial charge in [-0.25, -0.2) is 17.2 Å². The van der Waals surface area contributed by atoms with Gasteiger partial charge in [-0.1, -0.05) is 6.92 Å². The highest BCUT2D eigenvalue weighted by atomic mass is 32.2. The standard InChI is InChI=1S/C14H16F2N2O2S/c1-10-4-6-14(9-17,7-5-10)18-21(19,20)13-8-11(15)2-3-12(13)16/h2-3,8,10,18H,4-7H2,1H3. The molecule has 114 valence electrons. The van der Waals surface area contributed by atoms with Crippen LogP contribution in [0.1, 0.15) is 32.6 Å². The smallest absolute Gasteiger partial charge is 0.207 e. The molecule has 0 radical (unpaired) electrons. The fourth-order valence-electron chi connectivity index (χ4n) is 2.49. The molecule has 1 aliphatic carbocycles. The largest absolute Gasteiger partial charge is 0.244 e. The SMILES string of the molecule is CC1CCC(C#N)(NS(=O)(=O)c2cc(F)ccc2F)CC1. The molecule has 0 unspecified atom stereocenters. The molecule has 1 saturated carbocycles. The molecule has 4 nitrogen and oxygen atoms in total. The van der Waals surface area contributed by atoms with Crippen LogP contribution < -0.4 is 4.72 Å². The number of nitriles is 1. The highest BCUT2D eigenvalue weighted by Gasteiger charge is 2.39. The highest BCUT2D eigenvalue weighted by Crippen LogP contribution is 2.33. The molecule has 0 bridgehead atoms. The number of benzene rings is 1. The second kappa shape index (κ2) is 5.70. The van der Waals surface area contributed by atoms with Crippen molar-refractivity contribution in [2.75, 3.05) is 0 Å². The van der Waals surface area contributed by atoms with Crippen LogP contribution in [-0.2, 0) is 10.0 Å². The molecule has 1 N–H and O–H groups in total. The lowest BCUT2D eigenvalue weighted by Gasteiger charge is -2.34. The molecule has 1 aromatic rings. The van der Waals surface area contributed by atoms with Crippen LogP contribution >= 0.6 is 0 Å². The maximum absolute atomic E-state index is 13.6. The fraction of sp³-hybridized carbons (Fsp3) is 0.500. The van der Waals surface area contributed by atoms with Gasteiger partial charge in [-0.2, -0.15) is 9.98 Å².